The van der Waals surface area contributed by atoms with Gasteiger partial charge < -0.3 is 14.5 Å². The summed E-state index contributed by atoms with van der Waals surface area (Å²) in [5.41, 5.74) is 3.58. The highest BCUT2D eigenvalue weighted by Crippen LogP contribution is 2.31. The van der Waals surface area contributed by atoms with Crippen LogP contribution in [0.15, 0.2) is 30.6 Å². The maximum absolute atomic E-state index is 13.6. The van der Waals surface area contributed by atoms with Crippen molar-refractivity contribution in [2.45, 2.75) is 26.8 Å². The summed E-state index contributed by atoms with van der Waals surface area (Å²) in [6.07, 6.45) is 3.02. The minimum atomic E-state index is -0.511. The fourth-order valence-electron chi connectivity index (χ4n) is 3.98. The Hall–Kier alpha value is -3.33. The molecule has 0 unspecified atom stereocenters. The summed E-state index contributed by atoms with van der Waals surface area (Å²) in [5, 5.41) is 9.00. The van der Waals surface area contributed by atoms with Gasteiger partial charge in [-0.05, 0) is 50.1 Å². The number of carbonyl (C=O) groups is 1. The van der Waals surface area contributed by atoms with Gasteiger partial charge in [0.15, 0.2) is 11.5 Å². The number of carbonyl (C=O) groups excluding carboxylic acids is 1. The molecule has 0 radical (unpaired) electrons. The third-order valence-electron chi connectivity index (χ3n) is 5.94. The van der Waals surface area contributed by atoms with Crippen LogP contribution in [0.4, 0.5) is 16.0 Å². The van der Waals surface area contributed by atoms with Crippen molar-refractivity contribution in [3.05, 3.63) is 58.3 Å². The van der Waals surface area contributed by atoms with E-state index in [0.717, 1.165) is 35.6 Å². The minimum absolute atomic E-state index is 0.0584. The third-order valence-corrected chi connectivity index (χ3v) is 6.23. The topological polar surface area (TPSA) is 84.3 Å². The van der Waals surface area contributed by atoms with Crippen molar-refractivity contribution >= 4 is 29.2 Å². The Labute approximate surface area is 196 Å². The van der Waals surface area contributed by atoms with Crippen molar-refractivity contribution in [3.63, 3.8) is 0 Å². The number of esters is 1. The van der Waals surface area contributed by atoms with Gasteiger partial charge >= 0.3 is 5.97 Å². The number of nitrogens with zero attached hydrogens (tertiary/aromatic N) is 6. The fraction of sp³-hybridized carbons (Fsp3) is 0.348. The Morgan fingerprint density at radius 2 is 1.94 bits per heavy atom. The van der Waals surface area contributed by atoms with Crippen LogP contribution in [0.3, 0.4) is 0 Å². The molecule has 0 aliphatic carbocycles. The molecule has 0 N–H and O–H groups in total. The van der Waals surface area contributed by atoms with Gasteiger partial charge in [0.05, 0.1) is 30.2 Å². The average molecular weight is 471 g/mol. The molecule has 1 saturated heterocycles. The van der Waals surface area contributed by atoms with E-state index in [1.807, 2.05) is 13.8 Å². The zero-order valence-electron chi connectivity index (χ0n) is 18.8. The lowest BCUT2D eigenvalue weighted by atomic mass is 10.0. The van der Waals surface area contributed by atoms with E-state index in [1.54, 1.807) is 18.3 Å². The second-order valence-electron chi connectivity index (χ2n) is 7.99. The molecule has 0 amide bonds. The lowest BCUT2D eigenvalue weighted by Crippen LogP contribution is -2.53. The van der Waals surface area contributed by atoms with Crippen molar-refractivity contribution < 1.29 is 13.9 Å². The van der Waals surface area contributed by atoms with Crippen LogP contribution >= 0.6 is 11.6 Å². The Morgan fingerprint density at radius 3 is 2.58 bits per heavy atom. The molecule has 1 aliphatic heterocycles. The van der Waals surface area contributed by atoms with Crippen LogP contribution in [0.5, 0.6) is 0 Å². The van der Waals surface area contributed by atoms with E-state index in [4.69, 9.17) is 11.6 Å². The maximum Gasteiger partial charge on any atom is 0.358 e. The highest BCUT2D eigenvalue weighted by Gasteiger charge is 2.28. The van der Waals surface area contributed by atoms with Gasteiger partial charge in [-0.25, -0.2) is 19.2 Å². The van der Waals surface area contributed by atoms with Gasteiger partial charge in [-0.2, -0.15) is 0 Å². The molecule has 8 nitrogen and oxygen atoms in total. The van der Waals surface area contributed by atoms with E-state index in [2.05, 4.69) is 41.6 Å². The predicted molar refractivity (Wildman–Crippen MR) is 124 cm³/mol. The molecule has 10 heteroatoms. The van der Waals surface area contributed by atoms with Crippen LogP contribution in [0, 0.1) is 19.7 Å². The first-order valence-electron chi connectivity index (χ1n) is 10.5. The van der Waals surface area contributed by atoms with Crippen molar-refractivity contribution in [2.24, 2.45) is 0 Å². The second-order valence-corrected chi connectivity index (χ2v) is 8.40. The van der Waals surface area contributed by atoms with Gasteiger partial charge in [0.2, 0.25) is 0 Å². The lowest BCUT2D eigenvalue weighted by Gasteiger charge is -2.41. The summed E-state index contributed by atoms with van der Waals surface area (Å²) in [7, 11) is 1.31. The molecule has 4 rings (SSSR count). The van der Waals surface area contributed by atoms with E-state index >= 15 is 0 Å². The zero-order valence-corrected chi connectivity index (χ0v) is 19.6. The number of rotatable bonds is 4. The molecular formula is C23H24ClFN6O2. The summed E-state index contributed by atoms with van der Waals surface area (Å²) < 4.78 is 18.2. The summed E-state index contributed by atoms with van der Waals surface area (Å²) in [4.78, 5) is 24.5. The van der Waals surface area contributed by atoms with Gasteiger partial charge in [0, 0.05) is 31.2 Å². The van der Waals surface area contributed by atoms with Crippen molar-refractivity contribution in [1.29, 1.82) is 0 Å². The lowest BCUT2D eigenvalue weighted by molar-refractivity contribution is 0.0593. The van der Waals surface area contributed by atoms with Crippen molar-refractivity contribution in [3.8, 4) is 11.3 Å². The molecular weight excluding hydrogens is 447 g/mol. The number of aromatic nitrogens is 4. The monoisotopic (exact) mass is 470 g/mol. The van der Waals surface area contributed by atoms with Crippen LogP contribution in [0.25, 0.3) is 11.3 Å². The van der Waals surface area contributed by atoms with Crippen LogP contribution in [0.2, 0.25) is 5.02 Å². The molecule has 1 fully saturated rings. The Morgan fingerprint density at radius 1 is 1.15 bits per heavy atom. The van der Waals surface area contributed by atoms with Gasteiger partial charge in [0.25, 0.3) is 0 Å². The molecule has 1 aromatic carbocycles. The minimum Gasteiger partial charge on any atom is -0.464 e. The van der Waals surface area contributed by atoms with Gasteiger partial charge in [-0.1, -0.05) is 11.6 Å². The molecule has 0 bridgehead atoms. The summed E-state index contributed by atoms with van der Waals surface area (Å²) >= 11 is 5.95. The normalized spacial score (nSPS) is 16.1. The first-order valence-corrected chi connectivity index (χ1v) is 10.9. The quantitative estimate of drug-likeness (QED) is 0.532. The van der Waals surface area contributed by atoms with E-state index in [-0.39, 0.29) is 16.8 Å². The predicted octanol–water partition coefficient (Wildman–Crippen LogP) is 3.84. The van der Waals surface area contributed by atoms with Gasteiger partial charge in [-0.15, -0.1) is 10.2 Å². The number of hydrogen-bond donors (Lipinski definition) is 0. The summed E-state index contributed by atoms with van der Waals surface area (Å²) in [5.74, 6) is 0.555. The van der Waals surface area contributed by atoms with Crippen molar-refractivity contribution in [2.75, 3.05) is 36.5 Å². The molecule has 0 saturated carbocycles. The molecule has 2 aromatic heterocycles. The largest absolute Gasteiger partial charge is 0.464 e. The Bertz CT molecular complexity index is 1190. The van der Waals surface area contributed by atoms with Crippen LogP contribution in [0.1, 0.15) is 28.5 Å². The first-order chi connectivity index (χ1) is 15.8. The molecule has 0 spiro atoms. The highest BCUT2D eigenvalue weighted by molar-refractivity contribution is 6.31. The highest BCUT2D eigenvalue weighted by atomic mass is 35.5. The summed E-state index contributed by atoms with van der Waals surface area (Å²) in [6.45, 7) is 8.26. The Balaban J connectivity index is 1.52. The number of benzene rings is 1. The molecule has 172 valence electrons. The maximum atomic E-state index is 13.6. The second kappa shape index (κ2) is 9.27. The summed E-state index contributed by atoms with van der Waals surface area (Å²) in [6, 6.07) is 4.70. The van der Waals surface area contributed by atoms with Crippen LogP contribution in [-0.4, -0.2) is 58.9 Å². The van der Waals surface area contributed by atoms with Crippen LogP contribution in [-0.2, 0) is 4.74 Å². The van der Waals surface area contributed by atoms with E-state index < -0.39 is 11.8 Å². The van der Waals surface area contributed by atoms with Gasteiger partial charge in [0.1, 0.15) is 11.6 Å². The van der Waals surface area contributed by atoms with Crippen molar-refractivity contribution in [1.82, 2.24) is 20.2 Å². The first kappa shape index (κ1) is 22.8. The fourth-order valence-corrected chi connectivity index (χ4v) is 4.16. The van der Waals surface area contributed by atoms with Crippen LogP contribution < -0.4 is 9.80 Å². The number of methoxy groups -OCH3 is 1. The Kier molecular flexibility index (Phi) is 6.42. The zero-order chi connectivity index (χ0) is 23.7. The number of anilines is 2. The standard InChI is InChI=1S/C23H24ClFN6O2/c1-13-12-30(7-8-31(13)20-11-26-19(10-27-20)23(32)33-4)22-15(3)14(2)21(28-29-22)16-5-6-18(25)17(24)9-16/h5-6,9-11,13H,7-8,12H2,1-4H3/t13-/m1/s1. The smallest absolute Gasteiger partial charge is 0.358 e. The number of piperazine rings is 1. The molecule has 1 aliphatic rings. The number of hydrogen-bond acceptors (Lipinski definition) is 8. The van der Waals surface area contributed by atoms with E-state index in [1.165, 1.54) is 19.4 Å². The SMILES string of the molecule is COC(=O)c1cnc(N2CCN(c3nnc(-c4ccc(F)c(Cl)c4)c(C)c3C)C[C@H]2C)cn1. The molecule has 3 aromatic rings. The third kappa shape index (κ3) is 4.45. The van der Waals surface area contributed by atoms with Gasteiger partial charge in [-0.3, -0.25) is 0 Å². The molecule has 3 heterocycles. The average Bonchev–Trinajstić information content (AvgIpc) is 2.82. The molecule has 1 atom stereocenters. The number of halogens is 2. The van der Waals surface area contributed by atoms with E-state index in [9.17, 15) is 9.18 Å². The van der Waals surface area contributed by atoms with E-state index in [0.29, 0.717) is 18.1 Å². The molecule has 33 heavy (non-hydrogen) atoms. The number of ether oxygens (including phenoxy) is 1.